The van der Waals surface area contributed by atoms with Gasteiger partial charge in [-0.1, -0.05) is 116 Å². The predicted molar refractivity (Wildman–Crippen MR) is 165 cm³/mol. The smallest absolute Gasteiger partial charge is 0.124 e. The maximum Gasteiger partial charge on any atom is 0.124 e. The first-order valence-corrected chi connectivity index (χ1v) is 13.2. The van der Waals surface area contributed by atoms with E-state index >= 15 is 0 Å². The van der Waals surface area contributed by atoms with E-state index in [0.29, 0.717) is 17.0 Å². The van der Waals surface area contributed by atoms with Crippen molar-refractivity contribution in [3.8, 4) is 0 Å². The molecule has 0 bridgehead atoms. The third-order valence-corrected chi connectivity index (χ3v) is 4.74. The summed E-state index contributed by atoms with van der Waals surface area (Å²) in [6.07, 6.45) is 13.5. The molecule has 0 fully saturated rings. The highest BCUT2D eigenvalue weighted by molar-refractivity contribution is 6.31. The van der Waals surface area contributed by atoms with Crippen molar-refractivity contribution in [3.05, 3.63) is 107 Å². The molecule has 0 saturated carbocycles. The molecule has 1 aromatic heterocycles. The first-order valence-electron chi connectivity index (χ1n) is 12.8. The molecule has 3 nitrogen and oxygen atoms in total. The second-order valence-corrected chi connectivity index (χ2v) is 9.08. The molecule has 1 unspecified atom stereocenters. The Labute approximate surface area is 230 Å². The highest BCUT2D eigenvalue weighted by Crippen LogP contribution is 2.38. The molecule has 0 saturated heterocycles. The summed E-state index contributed by atoms with van der Waals surface area (Å²) in [5.41, 5.74) is 7.90. The fourth-order valence-electron chi connectivity index (χ4n) is 2.98. The van der Waals surface area contributed by atoms with Crippen molar-refractivity contribution in [2.45, 2.75) is 67.3 Å². The molecule has 0 aliphatic heterocycles. The maximum absolute atomic E-state index is 13.7. The molecule has 5 heteroatoms. The van der Waals surface area contributed by atoms with Gasteiger partial charge in [-0.3, -0.25) is 9.98 Å². The van der Waals surface area contributed by atoms with E-state index in [-0.39, 0.29) is 11.2 Å². The van der Waals surface area contributed by atoms with Crippen LogP contribution in [0.15, 0.2) is 90.1 Å². The Hall–Kier alpha value is -2.82. The molecule has 2 N–H and O–H groups in total. The number of rotatable bonds is 8. The lowest BCUT2D eigenvalue weighted by atomic mass is 9.88. The number of benzene rings is 1. The number of nitrogens with zero attached hydrogens (tertiary/aromatic N) is 2. The fraction of sp³-hybridized carbons (Fsp3) is 0.375. The van der Waals surface area contributed by atoms with E-state index in [2.05, 4.69) is 75.8 Å². The molecule has 1 aromatic carbocycles. The second-order valence-electron chi connectivity index (χ2n) is 8.67. The standard InChI is InChI=1S/C26H28ClFN2.C3H8.C2H6.CH5N/c1-6-7-8-11-20(24-12-9-10-17-30-24)21(15-16-26(2,3)4)25(29-5)22-14-13-19(28)18-23(22)27;1-3-2;2*1-2/h6-10,12-18,25H,1,5,11H2,2-4H3;3H2,1-2H3;1-2H3;2H2,1H3/b8-7-,16-15-,21-20+;;;. The average Bonchev–Trinajstić information content (AvgIpc) is 2.88. The van der Waals surface area contributed by atoms with Crippen LogP contribution in [0.1, 0.15) is 78.6 Å². The molecule has 37 heavy (non-hydrogen) atoms. The summed E-state index contributed by atoms with van der Waals surface area (Å²) in [7, 11) is 1.50. The molecule has 1 heterocycles. The van der Waals surface area contributed by atoms with Crippen molar-refractivity contribution in [1.82, 2.24) is 4.98 Å². The predicted octanol–water partition coefficient (Wildman–Crippen LogP) is 9.82. The topological polar surface area (TPSA) is 51.3 Å². The molecule has 0 spiro atoms. The minimum atomic E-state index is -0.467. The van der Waals surface area contributed by atoms with Gasteiger partial charge >= 0.3 is 0 Å². The highest BCUT2D eigenvalue weighted by atomic mass is 35.5. The van der Waals surface area contributed by atoms with Crippen LogP contribution < -0.4 is 5.73 Å². The van der Waals surface area contributed by atoms with Crippen LogP contribution in [-0.4, -0.2) is 18.7 Å². The highest BCUT2D eigenvalue weighted by Gasteiger charge is 2.22. The molecular weight excluding hydrogens is 481 g/mol. The quantitative estimate of drug-likeness (QED) is 0.274. The van der Waals surface area contributed by atoms with Gasteiger partial charge in [-0.2, -0.15) is 0 Å². The summed E-state index contributed by atoms with van der Waals surface area (Å²) in [6.45, 7) is 22.2. The largest absolute Gasteiger partial charge is 0.333 e. The summed E-state index contributed by atoms with van der Waals surface area (Å²) in [5, 5.41) is 0.316. The van der Waals surface area contributed by atoms with Gasteiger partial charge in [0.2, 0.25) is 0 Å². The molecule has 204 valence electrons. The van der Waals surface area contributed by atoms with Gasteiger partial charge in [-0.15, -0.1) is 0 Å². The first-order chi connectivity index (χ1) is 17.7. The van der Waals surface area contributed by atoms with Crippen LogP contribution in [0.25, 0.3) is 5.57 Å². The van der Waals surface area contributed by atoms with Gasteiger partial charge in [0.05, 0.1) is 5.69 Å². The van der Waals surface area contributed by atoms with E-state index in [1.165, 1.54) is 25.6 Å². The second kappa shape index (κ2) is 21.3. The lowest BCUT2D eigenvalue weighted by Gasteiger charge is -2.21. The van der Waals surface area contributed by atoms with Crippen LogP contribution in [0, 0.1) is 11.2 Å². The number of aliphatic imine (C=N–C) groups is 1. The van der Waals surface area contributed by atoms with Gasteiger partial charge in [0.15, 0.2) is 0 Å². The van der Waals surface area contributed by atoms with Crippen LogP contribution in [0.4, 0.5) is 4.39 Å². The van der Waals surface area contributed by atoms with E-state index in [1.54, 1.807) is 18.3 Å². The van der Waals surface area contributed by atoms with E-state index in [4.69, 9.17) is 11.6 Å². The fourth-order valence-corrected chi connectivity index (χ4v) is 3.25. The van der Waals surface area contributed by atoms with Crippen LogP contribution in [0.2, 0.25) is 5.02 Å². The number of hydrogen-bond acceptors (Lipinski definition) is 3. The van der Waals surface area contributed by atoms with Crippen LogP contribution >= 0.6 is 11.6 Å². The van der Waals surface area contributed by atoms with Crippen molar-refractivity contribution < 1.29 is 4.39 Å². The average molecular weight is 528 g/mol. The molecule has 0 aliphatic rings. The molecular formula is C32H47ClFN3. The number of pyridine rings is 1. The van der Waals surface area contributed by atoms with Gasteiger partial charge in [-0.05, 0) is 66.6 Å². The van der Waals surface area contributed by atoms with Crippen LogP contribution in [0.3, 0.4) is 0 Å². The van der Waals surface area contributed by atoms with Gasteiger partial charge in [0.25, 0.3) is 0 Å². The monoisotopic (exact) mass is 527 g/mol. The Morgan fingerprint density at radius 1 is 1.16 bits per heavy atom. The van der Waals surface area contributed by atoms with Gasteiger partial charge in [-0.25, -0.2) is 4.39 Å². The number of aromatic nitrogens is 1. The Morgan fingerprint density at radius 3 is 2.24 bits per heavy atom. The van der Waals surface area contributed by atoms with Gasteiger partial charge in [0, 0.05) is 11.2 Å². The zero-order valence-corrected chi connectivity index (χ0v) is 24.8. The Morgan fingerprint density at radius 2 is 1.78 bits per heavy atom. The van der Waals surface area contributed by atoms with E-state index < -0.39 is 6.04 Å². The van der Waals surface area contributed by atoms with E-state index in [9.17, 15) is 4.39 Å². The molecule has 0 aliphatic carbocycles. The number of halogens is 2. The Kier molecular flexibility index (Phi) is 20.9. The summed E-state index contributed by atoms with van der Waals surface area (Å²) >= 11 is 6.40. The van der Waals surface area contributed by atoms with Crippen molar-refractivity contribution >= 4 is 23.9 Å². The Balaban J connectivity index is 0. The number of nitrogens with two attached hydrogens (primary N) is 1. The SMILES string of the molecule is C=C/C=C\C/C(=C(/C=C\C(C)(C)C)C(N=C)c1ccc(F)cc1Cl)c1ccccn1.CC.CCC.CN. The van der Waals surface area contributed by atoms with Crippen LogP contribution in [0.5, 0.6) is 0 Å². The summed E-state index contributed by atoms with van der Waals surface area (Å²) in [4.78, 5) is 8.95. The molecule has 1 atom stereocenters. The maximum atomic E-state index is 13.7. The van der Waals surface area contributed by atoms with E-state index in [1.807, 2.05) is 44.2 Å². The third-order valence-electron chi connectivity index (χ3n) is 4.41. The van der Waals surface area contributed by atoms with E-state index in [0.717, 1.165) is 16.8 Å². The number of hydrogen-bond donors (Lipinski definition) is 1. The summed E-state index contributed by atoms with van der Waals surface area (Å²) in [5.74, 6) is -0.388. The van der Waals surface area contributed by atoms with Gasteiger partial charge in [0.1, 0.15) is 11.9 Å². The number of allylic oxidation sites excluding steroid dienone is 5. The first kappa shape index (κ1) is 36.3. The molecule has 0 radical (unpaired) electrons. The molecule has 0 amide bonds. The molecule has 2 rings (SSSR count). The zero-order chi connectivity index (χ0) is 28.9. The lowest BCUT2D eigenvalue weighted by Crippen LogP contribution is -2.06. The van der Waals surface area contributed by atoms with Crippen molar-refractivity contribution in [2.24, 2.45) is 16.1 Å². The lowest BCUT2D eigenvalue weighted by molar-refractivity contribution is 0.543. The van der Waals surface area contributed by atoms with Gasteiger partial charge < -0.3 is 5.73 Å². The minimum Gasteiger partial charge on any atom is -0.333 e. The third kappa shape index (κ3) is 14.5. The summed E-state index contributed by atoms with van der Waals surface area (Å²) < 4.78 is 13.7. The van der Waals surface area contributed by atoms with Crippen molar-refractivity contribution in [1.29, 1.82) is 0 Å². The van der Waals surface area contributed by atoms with Crippen LogP contribution in [-0.2, 0) is 0 Å². The Bertz CT molecular complexity index is 987. The van der Waals surface area contributed by atoms with Crippen molar-refractivity contribution in [2.75, 3.05) is 7.05 Å². The zero-order valence-electron chi connectivity index (χ0n) is 24.1. The summed E-state index contributed by atoms with van der Waals surface area (Å²) in [6, 6.07) is 9.69. The van der Waals surface area contributed by atoms with Crippen molar-refractivity contribution in [3.63, 3.8) is 0 Å². The molecule has 2 aromatic rings. The normalized spacial score (nSPS) is 12.2. The minimum absolute atomic E-state index is 0.0459.